The van der Waals surface area contributed by atoms with E-state index in [4.69, 9.17) is 11.6 Å². The summed E-state index contributed by atoms with van der Waals surface area (Å²) >= 11 is 8.10. The first-order chi connectivity index (χ1) is 11.1. The minimum absolute atomic E-state index is 0.0306. The number of hydrogen-bond donors (Lipinski definition) is 0. The van der Waals surface area contributed by atoms with E-state index in [0.29, 0.717) is 10.7 Å². The maximum Gasteiger partial charge on any atom is 0.255 e. The van der Waals surface area contributed by atoms with Crippen LogP contribution < -0.4 is 0 Å². The number of benzene rings is 1. The van der Waals surface area contributed by atoms with Crippen LogP contribution in [0.4, 0.5) is 0 Å². The van der Waals surface area contributed by atoms with Crippen LogP contribution in [0.15, 0.2) is 42.6 Å². The molecule has 3 rings (SSSR count). The highest BCUT2D eigenvalue weighted by Gasteiger charge is 2.22. The molecule has 0 N–H and O–H groups in total. The second-order valence-corrected chi connectivity index (χ2v) is 7.20. The predicted octanol–water partition coefficient (Wildman–Crippen LogP) is 3.30. The van der Waals surface area contributed by atoms with Gasteiger partial charge in [-0.25, -0.2) is 4.98 Å². The predicted molar refractivity (Wildman–Crippen MR) is 99.6 cm³/mol. The van der Waals surface area contributed by atoms with Crippen LogP contribution in [-0.4, -0.2) is 46.9 Å². The van der Waals surface area contributed by atoms with Crippen LogP contribution >= 0.6 is 34.2 Å². The highest BCUT2D eigenvalue weighted by Crippen LogP contribution is 2.14. The maximum atomic E-state index is 12.4. The summed E-state index contributed by atoms with van der Waals surface area (Å²) in [6.45, 7) is 4.19. The Morgan fingerprint density at radius 1 is 1.17 bits per heavy atom. The van der Waals surface area contributed by atoms with E-state index < -0.39 is 0 Å². The quantitative estimate of drug-likeness (QED) is 0.542. The highest BCUT2D eigenvalue weighted by molar-refractivity contribution is 14.1. The zero-order chi connectivity index (χ0) is 16.2. The molecule has 0 spiro atoms. The van der Waals surface area contributed by atoms with Crippen LogP contribution in [0.2, 0.25) is 5.15 Å². The summed E-state index contributed by atoms with van der Waals surface area (Å²) in [7, 11) is 0. The second-order valence-electron chi connectivity index (χ2n) is 5.57. The lowest BCUT2D eigenvalue weighted by Crippen LogP contribution is -2.48. The topological polar surface area (TPSA) is 36.4 Å². The van der Waals surface area contributed by atoms with Crippen molar-refractivity contribution in [1.29, 1.82) is 0 Å². The number of pyridine rings is 1. The summed E-state index contributed by atoms with van der Waals surface area (Å²) in [5.74, 6) is 0.0306. The molecule has 2 aromatic rings. The summed E-state index contributed by atoms with van der Waals surface area (Å²) in [6, 6.07) is 11.9. The van der Waals surface area contributed by atoms with Gasteiger partial charge in [-0.1, -0.05) is 23.7 Å². The zero-order valence-corrected chi connectivity index (χ0v) is 15.5. The Balaban J connectivity index is 1.55. The van der Waals surface area contributed by atoms with Crippen LogP contribution in [-0.2, 0) is 6.54 Å². The van der Waals surface area contributed by atoms with Crippen molar-refractivity contribution in [3.63, 3.8) is 0 Å². The third kappa shape index (κ3) is 4.43. The molecule has 1 aromatic heterocycles. The van der Waals surface area contributed by atoms with Crippen molar-refractivity contribution < 1.29 is 4.79 Å². The monoisotopic (exact) mass is 441 g/mol. The van der Waals surface area contributed by atoms with Crippen LogP contribution in [0.5, 0.6) is 0 Å². The van der Waals surface area contributed by atoms with Crippen molar-refractivity contribution in [3.05, 3.63) is 62.4 Å². The Kier molecular flexibility index (Phi) is 5.50. The molecule has 0 aliphatic carbocycles. The molecular formula is C17H17ClIN3O. The van der Waals surface area contributed by atoms with Gasteiger partial charge in [0.25, 0.3) is 5.91 Å². The van der Waals surface area contributed by atoms with E-state index in [0.717, 1.165) is 32.7 Å². The van der Waals surface area contributed by atoms with E-state index in [1.165, 1.54) is 9.13 Å². The number of piperazine rings is 1. The Bertz CT molecular complexity index is 684. The first-order valence-electron chi connectivity index (χ1n) is 7.49. The zero-order valence-electron chi connectivity index (χ0n) is 12.6. The standard InChI is InChI=1S/C17H17ClIN3O/c18-16-5-4-14(11-20-16)17(23)22-8-6-21(7-9-22)12-13-2-1-3-15(19)10-13/h1-5,10-11H,6-9,12H2. The lowest BCUT2D eigenvalue weighted by atomic mass is 10.2. The van der Waals surface area contributed by atoms with Gasteiger partial charge >= 0.3 is 0 Å². The molecule has 23 heavy (non-hydrogen) atoms. The van der Waals surface area contributed by atoms with Crippen LogP contribution in [0.3, 0.4) is 0 Å². The molecule has 0 unspecified atom stereocenters. The Labute approximate surface area is 154 Å². The van der Waals surface area contributed by atoms with E-state index in [-0.39, 0.29) is 5.91 Å². The van der Waals surface area contributed by atoms with Gasteiger partial charge in [0.2, 0.25) is 0 Å². The number of carbonyl (C=O) groups is 1. The summed E-state index contributed by atoms with van der Waals surface area (Å²) in [6.07, 6.45) is 1.54. The number of halogens is 2. The van der Waals surface area contributed by atoms with Crippen molar-refractivity contribution in [3.8, 4) is 0 Å². The number of carbonyl (C=O) groups excluding carboxylic acids is 1. The molecule has 1 saturated heterocycles. The Hall–Kier alpha value is -1.18. The molecule has 0 radical (unpaired) electrons. The van der Waals surface area contributed by atoms with E-state index in [1.54, 1.807) is 18.3 Å². The summed E-state index contributed by atoms with van der Waals surface area (Å²) in [5.41, 5.74) is 1.92. The van der Waals surface area contributed by atoms with E-state index in [1.807, 2.05) is 4.90 Å². The minimum Gasteiger partial charge on any atom is -0.336 e. The van der Waals surface area contributed by atoms with E-state index in [2.05, 4.69) is 56.7 Å². The van der Waals surface area contributed by atoms with Crippen molar-refractivity contribution in [2.24, 2.45) is 0 Å². The van der Waals surface area contributed by atoms with Crippen molar-refractivity contribution in [2.75, 3.05) is 26.2 Å². The van der Waals surface area contributed by atoms with E-state index >= 15 is 0 Å². The molecular weight excluding hydrogens is 425 g/mol. The van der Waals surface area contributed by atoms with Crippen molar-refractivity contribution >= 4 is 40.1 Å². The molecule has 1 fully saturated rings. The molecule has 0 atom stereocenters. The highest BCUT2D eigenvalue weighted by atomic mass is 127. The van der Waals surface area contributed by atoms with Crippen LogP contribution in [0.25, 0.3) is 0 Å². The SMILES string of the molecule is O=C(c1ccc(Cl)nc1)N1CCN(Cc2cccc(I)c2)CC1. The molecule has 1 aromatic carbocycles. The van der Waals surface area contributed by atoms with Gasteiger partial charge in [-0.05, 0) is 52.4 Å². The molecule has 1 aliphatic rings. The van der Waals surface area contributed by atoms with Gasteiger partial charge in [0, 0.05) is 42.5 Å². The summed E-state index contributed by atoms with van der Waals surface area (Å²) < 4.78 is 1.25. The van der Waals surface area contributed by atoms with Crippen LogP contribution in [0, 0.1) is 3.57 Å². The fraction of sp³-hybridized carbons (Fsp3) is 0.294. The average Bonchev–Trinajstić information content (AvgIpc) is 2.56. The summed E-state index contributed by atoms with van der Waals surface area (Å²) in [4.78, 5) is 20.7. The number of rotatable bonds is 3. The van der Waals surface area contributed by atoms with Gasteiger partial charge in [-0.3, -0.25) is 9.69 Å². The van der Waals surface area contributed by atoms with E-state index in [9.17, 15) is 4.79 Å². The fourth-order valence-corrected chi connectivity index (χ4v) is 3.41. The third-order valence-corrected chi connectivity index (χ3v) is 4.82. The maximum absolute atomic E-state index is 12.4. The smallest absolute Gasteiger partial charge is 0.255 e. The van der Waals surface area contributed by atoms with Crippen LogP contribution in [0.1, 0.15) is 15.9 Å². The van der Waals surface area contributed by atoms with Gasteiger partial charge in [0.15, 0.2) is 0 Å². The minimum atomic E-state index is 0.0306. The summed E-state index contributed by atoms with van der Waals surface area (Å²) in [5, 5.41) is 0.406. The van der Waals surface area contributed by atoms with Gasteiger partial charge in [-0.2, -0.15) is 0 Å². The fourth-order valence-electron chi connectivity index (χ4n) is 2.69. The van der Waals surface area contributed by atoms with Crippen molar-refractivity contribution in [1.82, 2.24) is 14.8 Å². The molecule has 6 heteroatoms. The first kappa shape index (κ1) is 16.7. The lowest BCUT2D eigenvalue weighted by Gasteiger charge is -2.34. The molecule has 1 aliphatic heterocycles. The van der Waals surface area contributed by atoms with Gasteiger partial charge < -0.3 is 4.90 Å². The largest absolute Gasteiger partial charge is 0.336 e. The lowest BCUT2D eigenvalue weighted by molar-refractivity contribution is 0.0628. The third-order valence-electron chi connectivity index (χ3n) is 3.93. The van der Waals surface area contributed by atoms with Gasteiger partial charge in [0.05, 0.1) is 5.56 Å². The number of aromatic nitrogens is 1. The Morgan fingerprint density at radius 2 is 1.96 bits per heavy atom. The van der Waals surface area contributed by atoms with Gasteiger partial charge in [-0.15, -0.1) is 0 Å². The molecule has 2 heterocycles. The number of amides is 1. The normalized spacial score (nSPS) is 15.7. The molecule has 0 bridgehead atoms. The first-order valence-corrected chi connectivity index (χ1v) is 8.95. The number of nitrogens with zero attached hydrogens (tertiary/aromatic N) is 3. The van der Waals surface area contributed by atoms with Gasteiger partial charge in [0.1, 0.15) is 5.15 Å². The molecule has 1 amide bonds. The second kappa shape index (κ2) is 7.59. The average molecular weight is 442 g/mol. The number of hydrogen-bond acceptors (Lipinski definition) is 3. The molecule has 4 nitrogen and oxygen atoms in total. The molecule has 120 valence electrons. The van der Waals surface area contributed by atoms with Crippen molar-refractivity contribution in [2.45, 2.75) is 6.54 Å². The molecule has 0 saturated carbocycles. The Morgan fingerprint density at radius 3 is 2.61 bits per heavy atom.